The summed E-state index contributed by atoms with van der Waals surface area (Å²) in [6.07, 6.45) is -4.45. The van der Waals surface area contributed by atoms with Crippen LogP contribution >= 0.6 is 0 Å². The Kier molecular flexibility index (Phi) is 5.49. The fraction of sp³-hybridized carbons (Fsp3) is 0.562. The average Bonchev–Trinajstić information content (AvgIpc) is 2.42. The van der Waals surface area contributed by atoms with Crippen LogP contribution in [0, 0.1) is 0 Å². The van der Waals surface area contributed by atoms with Crippen molar-refractivity contribution in [3.05, 3.63) is 34.9 Å². The van der Waals surface area contributed by atoms with Crippen molar-refractivity contribution in [2.75, 3.05) is 6.61 Å². The van der Waals surface area contributed by atoms with Gasteiger partial charge < -0.3 is 10.2 Å². The molecule has 130 valence electrons. The number of nitrogens with one attached hydrogen (secondary N) is 1. The lowest BCUT2D eigenvalue weighted by atomic mass is 9.82. The molecule has 1 aromatic carbocycles. The summed E-state index contributed by atoms with van der Waals surface area (Å²) in [4.78, 5) is 11.1. The zero-order valence-electron chi connectivity index (χ0n) is 13.6. The highest BCUT2D eigenvalue weighted by atomic mass is 19.4. The summed E-state index contributed by atoms with van der Waals surface area (Å²) in [5, 5.41) is 20.9. The molecule has 0 aliphatic carbocycles. The predicted octanol–water partition coefficient (Wildman–Crippen LogP) is 2.93. The highest BCUT2D eigenvalue weighted by molar-refractivity contribution is 5.78. The number of hydrogen-bond acceptors (Lipinski definition) is 3. The number of carbonyl (C=O) groups is 1. The van der Waals surface area contributed by atoms with E-state index in [1.54, 1.807) is 20.8 Å². The van der Waals surface area contributed by atoms with E-state index in [4.69, 9.17) is 5.11 Å². The lowest BCUT2D eigenvalue weighted by Crippen LogP contribution is -2.52. The Hall–Kier alpha value is -1.60. The number of carboxylic acid groups (broad SMARTS) is 1. The van der Waals surface area contributed by atoms with Gasteiger partial charge in [0.2, 0.25) is 0 Å². The summed E-state index contributed by atoms with van der Waals surface area (Å²) in [7, 11) is 0. The van der Waals surface area contributed by atoms with Crippen molar-refractivity contribution < 1.29 is 28.2 Å². The van der Waals surface area contributed by atoms with Gasteiger partial charge in [-0.15, -0.1) is 0 Å². The molecule has 1 aromatic rings. The second-order valence-electron chi connectivity index (χ2n) is 6.78. The van der Waals surface area contributed by atoms with Gasteiger partial charge in [0.1, 0.15) is 5.54 Å². The number of hydrogen-bond donors (Lipinski definition) is 3. The Labute approximate surface area is 133 Å². The molecule has 0 bridgehead atoms. The maximum atomic E-state index is 13.1. The van der Waals surface area contributed by atoms with Gasteiger partial charge in [-0.05, 0) is 29.5 Å². The van der Waals surface area contributed by atoms with Crippen LogP contribution in [-0.4, -0.2) is 28.3 Å². The van der Waals surface area contributed by atoms with Crippen molar-refractivity contribution in [3.8, 4) is 0 Å². The molecular weight excluding hydrogens is 311 g/mol. The molecule has 0 unspecified atom stereocenters. The molecule has 0 radical (unpaired) electrons. The van der Waals surface area contributed by atoms with E-state index in [0.717, 1.165) is 6.07 Å². The van der Waals surface area contributed by atoms with Gasteiger partial charge in [-0.25, -0.2) is 0 Å². The smallest absolute Gasteiger partial charge is 0.416 e. The van der Waals surface area contributed by atoms with Crippen molar-refractivity contribution in [2.45, 2.75) is 51.4 Å². The Balaban J connectivity index is 3.15. The topological polar surface area (TPSA) is 69.6 Å². The highest BCUT2D eigenvalue weighted by Crippen LogP contribution is 2.37. The molecule has 3 N–H and O–H groups in total. The van der Waals surface area contributed by atoms with Crippen LogP contribution in [-0.2, 0) is 22.9 Å². The number of aliphatic hydroxyl groups is 1. The Morgan fingerprint density at radius 2 is 1.70 bits per heavy atom. The molecule has 0 heterocycles. The number of rotatable bonds is 5. The summed E-state index contributed by atoms with van der Waals surface area (Å²) < 4.78 is 39.4. The summed E-state index contributed by atoms with van der Waals surface area (Å²) in [5.41, 5.74) is -2.30. The molecule has 0 aliphatic heterocycles. The van der Waals surface area contributed by atoms with Crippen LogP contribution in [0.2, 0.25) is 0 Å². The van der Waals surface area contributed by atoms with Gasteiger partial charge in [0.05, 0.1) is 12.2 Å². The van der Waals surface area contributed by atoms with Crippen LogP contribution in [0.4, 0.5) is 13.2 Å². The third kappa shape index (κ3) is 4.68. The van der Waals surface area contributed by atoms with E-state index in [2.05, 4.69) is 5.32 Å². The van der Waals surface area contributed by atoms with Gasteiger partial charge in [-0.3, -0.25) is 10.1 Å². The first-order valence-electron chi connectivity index (χ1n) is 7.11. The van der Waals surface area contributed by atoms with Crippen molar-refractivity contribution in [2.24, 2.45) is 0 Å². The van der Waals surface area contributed by atoms with E-state index in [9.17, 15) is 23.1 Å². The molecule has 1 atom stereocenters. The van der Waals surface area contributed by atoms with E-state index in [1.807, 2.05) is 0 Å². The highest BCUT2D eigenvalue weighted by Gasteiger charge is 2.36. The largest absolute Gasteiger partial charge is 0.480 e. The van der Waals surface area contributed by atoms with Gasteiger partial charge in [-0.1, -0.05) is 32.9 Å². The molecule has 1 rings (SSSR count). The van der Waals surface area contributed by atoms with Gasteiger partial charge in [-0.2, -0.15) is 13.2 Å². The van der Waals surface area contributed by atoms with Gasteiger partial charge in [0.15, 0.2) is 0 Å². The first-order chi connectivity index (χ1) is 10.3. The quantitative estimate of drug-likeness (QED) is 0.775. The van der Waals surface area contributed by atoms with E-state index >= 15 is 0 Å². The molecule has 0 amide bonds. The van der Waals surface area contributed by atoms with Crippen LogP contribution < -0.4 is 5.32 Å². The van der Waals surface area contributed by atoms with Crippen LogP contribution in [0.5, 0.6) is 0 Å². The summed E-state index contributed by atoms with van der Waals surface area (Å²) in [5.74, 6) is -1.23. The molecular formula is C16H22F3NO3. The Morgan fingerprint density at radius 3 is 2.09 bits per heavy atom. The molecule has 4 nitrogen and oxygen atoms in total. The van der Waals surface area contributed by atoms with Gasteiger partial charge >= 0.3 is 12.1 Å². The second kappa shape index (κ2) is 6.49. The summed E-state index contributed by atoms with van der Waals surface area (Å²) >= 11 is 0. The molecule has 0 aliphatic rings. The van der Waals surface area contributed by atoms with Crippen molar-refractivity contribution in [1.29, 1.82) is 0 Å². The van der Waals surface area contributed by atoms with Crippen LogP contribution in [0.1, 0.15) is 44.4 Å². The maximum Gasteiger partial charge on any atom is 0.416 e. The van der Waals surface area contributed by atoms with E-state index in [0.29, 0.717) is 5.56 Å². The molecule has 0 spiro atoms. The molecule has 0 saturated carbocycles. The third-order valence-electron chi connectivity index (χ3n) is 3.67. The second-order valence-corrected chi connectivity index (χ2v) is 6.78. The molecule has 7 heteroatoms. The Morgan fingerprint density at radius 1 is 1.13 bits per heavy atom. The van der Waals surface area contributed by atoms with Gasteiger partial charge in [0, 0.05) is 6.54 Å². The SMILES string of the molecule is CC(C)(C)c1cc(CN[C@@](C)(CO)C(=O)O)ccc1C(F)(F)F. The summed E-state index contributed by atoms with van der Waals surface area (Å²) in [6.45, 7) is 5.77. The number of alkyl halides is 3. The van der Waals surface area contributed by atoms with Gasteiger partial charge in [0.25, 0.3) is 0 Å². The Bertz CT molecular complexity index is 579. The van der Waals surface area contributed by atoms with E-state index in [1.165, 1.54) is 19.1 Å². The summed E-state index contributed by atoms with van der Waals surface area (Å²) in [6, 6.07) is 3.74. The van der Waals surface area contributed by atoms with Crippen molar-refractivity contribution in [1.82, 2.24) is 5.32 Å². The van der Waals surface area contributed by atoms with Crippen molar-refractivity contribution in [3.63, 3.8) is 0 Å². The lowest BCUT2D eigenvalue weighted by molar-refractivity contribution is -0.146. The minimum atomic E-state index is -4.45. The molecule has 23 heavy (non-hydrogen) atoms. The fourth-order valence-corrected chi connectivity index (χ4v) is 2.07. The van der Waals surface area contributed by atoms with Crippen LogP contribution in [0.3, 0.4) is 0 Å². The number of aliphatic hydroxyl groups excluding tert-OH is 1. The van der Waals surface area contributed by atoms with E-state index < -0.39 is 35.3 Å². The lowest BCUT2D eigenvalue weighted by Gasteiger charge is -2.27. The standard InChI is InChI=1S/C16H22F3NO3/c1-14(2,3)12-7-10(5-6-11(12)16(17,18)19)8-20-15(4,9-21)13(22)23/h5-7,20-21H,8-9H2,1-4H3,(H,22,23)/t15-/m0/s1. The predicted molar refractivity (Wildman–Crippen MR) is 80.1 cm³/mol. The van der Waals surface area contributed by atoms with Crippen LogP contribution in [0.25, 0.3) is 0 Å². The number of benzene rings is 1. The molecule has 0 fully saturated rings. The molecule has 0 saturated heterocycles. The first-order valence-corrected chi connectivity index (χ1v) is 7.11. The average molecular weight is 333 g/mol. The maximum absolute atomic E-state index is 13.1. The molecule has 0 aromatic heterocycles. The fourth-order valence-electron chi connectivity index (χ4n) is 2.07. The number of carboxylic acids is 1. The zero-order valence-corrected chi connectivity index (χ0v) is 13.6. The van der Waals surface area contributed by atoms with Crippen molar-refractivity contribution >= 4 is 5.97 Å². The van der Waals surface area contributed by atoms with Crippen LogP contribution in [0.15, 0.2) is 18.2 Å². The first kappa shape index (κ1) is 19.4. The number of aliphatic carboxylic acids is 1. The van der Waals surface area contributed by atoms with E-state index in [-0.39, 0.29) is 12.1 Å². The monoisotopic (exact) mass is 333 g/mol. The normalized spacial score (nSPS) is 15.3. The minimum absolute atomic E-state index is 0.0323. The number of halogens is 3. The minimum Gasteiger partial charge on any atom is -0.480 e. The third-order valence-corrected chi connectivity index (χ3v) is 3.67. The zero-order chi connectivity index (χ0) is 18.1.